The van der Waals surface area contributed by atoms with E-state index < -0.39 is 0 Å². The summed E-state index contributed by atoms with van der Waals surface area (Å²) in [6.45, 7) is 16.1. The van der Waals surface area contributed by atoms with Crippen LogP contribution in [0.15, 0.2) is 48.5 Å². The Labute approximate surface area is 161 Å². The summed E-state index contributed by atoms with van der Waals surface area (Å²) in [5.74, 6) is 0.134. The molecular formula is C25H36O. The maximum Gasteiger partial charge on any atom is 0.159 e. The van der Waals surface area contributed by atoms with Gasteiger partial charge in [-0.3, -0.25) is 4.79 Å². The van der Waals surface area contributed by atoms with E-state index in [0.29, 0.717) is 0 Å². The van der Waals surface area contributed by atoms with Gasteiger partial charge in [-0.2, -0.15) is 0 Å². The molecule has 0 heterocycles. The van der Waals surface area contributed by atoms with E-state index in [1.807, 2.05) is 39.0 Å². The van der Waals surface area contributed by atoms with E-state index in [-0.39, 0.29) is 5.78 Å². The molecule has 0 saturated carbocycles. The summed E-state index contributed by atoms with van der Waals surface area (Å²) in [4.78, 5) is 11.2. The Morgan fingerprint density at radius 3 is 1.92 bits per heavy atom. The summed E-state index contributed by atoms with van der Waals surface area (Å²) >= 11 is 0. The van der Waals surface area contributed by atoms with Crippen LogP contribution in [0.2, 0.25) is 0 Å². The molecule has 0 N–H and O–H groups in total. The maximum atomic E-state index is 11.2. The monoisotopic (exact) mass is 352 g/mol. The second-order valence-corrected chi connectivity index (χ2v) is 6.09. The fourth-order valence-electron chi connectivity index (χ4n) is 2.47. The van der Waals surface area contributed by atoms with Gasteiger partial charge in [0.1, 0.15) is 0 Å². The van der Waals surface area contributed by atoms with Gasteiger partial charge in [-0.15, -0.1) is 0 Å². The summed E-state index contributed by atoms with van der Waals surface area (Å²) in [5, 5.41) is 0. The van der Waals surface area contributed by atoms with Gasteiger partial charge in [-0.25, -0.2) is 0 Å². The van der Waals surface area contributed by atoms with Crippen LogP contribution < -0.4 is 0 Å². The van der Waals surface area contributed by atoms with Crippen LogP contribution in [-0.2, 0) is 12.8 Å². The number of Topliss-reactive ketones (excluding diaryl/α,β-unsaturated/α-hetero) is 1. The third-order valence-corrected chi connectivity index (χ3v) is 4.28. The van der Waals surface area contributed by atoms with Crippen LogP contribution >= 0.6 is 0 Å². The van der Waals surface area contributed by atoms with Crippen LogP contribution in [0.1, 0.15) is 81.1 Å². The highest BCUT2D eigenvalue weighted by atomic mass is 16.1. The van der Waals surface area contributed by atoms with E-state index in [0.717, 1.165) is 18.4 Å². The Morgan fingerprint density at radius 1 is 0.923 bits per heavy atom. The van der Waals surface area contributed by atoms with Crippen molar-refractivity contribution in [3.63, 3.8) is 0 Å². The highest BCUT2D eigenvalue weighted by molar-refractivity contribution is 5.94. The molecule has 26 heavy (non-hydrogen) atoms. The minimum atomic E-state index is 0.134. The summed E-state index contributed by atoms with van der Waals surface area (Å²) in [6.07, 6.45) is 4.20. The number of rotatable bonds is 4. The number of hydrogen-bond acceptors (Lipinski definition) is 1. The van der Waals surface area contributed by atoms with Gasteiger partial charge in [0.2, 0.25) is 0 Å². The lowest BCUT2D eigenvalue weighted by Gasteiger charge is -2.09. The van der Waals surface area contributed by atoms with Crippen molar-refractivity contribution in [3.05, 3.63) is 76.4 Å². The zero-order valence-electron chi connectivity index (χ0n) is 17.9. The van der Waals surface area contributed by atoms with E-state index in [1.54, 1.807) is 6.92 Å². The summed E-state index contributed by atoms with van der Waals surface area (Å²) < 4.78 is 0. The minimum Gasteiger partial charge on any atom is -0.295 e. The van der Waals surface area contributed by atoms with Crippen LogP contribution in [-0.4, -0.2) is 5.78 Å². The average Bonchev–Trinajstić information content (AvgIpc) is 2.69. The Balaban J connectivity index is 0.000000484. The molecule has 0 bridgehead atoms. The fraction of sp³-hybridized carbons (Fsp3) is 0.400. The number of hydrogen-bond donors (Lipinski definition) is 0. The van der Waals surface area contributed by atoms with E-state index in [1.165, 1.54) is 27.8 Å². The Morgan fingerprint density at radius 2 is 1.50 bits per heavy atom. The lowest BCUT2D eigenvalue weighted by atomic mass is 9.95. The number of carbonyl (C=O) groups is 1. The van der Waals surface area contributed by atoms with Crippen LogP contribution in [0, 0.1) is 6.92 Å². The maximum absolute atomic E-state index is 11.2. The van der Waals surface area contributed by atoms with E-state index in [4.69, 9.17) is 0 Å². The molecule has 0 atom stereocenters. The molecule has 0 aromatic heterocycles. The molecule has 1 nitrogen and oxygen atoms in total. The Hall–Kier alpha value is -2.15. The molecule has 0 fully saturated rings. The molecule has 142 valence electrons. The van der Waals surface area contributed by atoms with Crippen molar-refractivity contribution in [2.24, 2.45) is 0 Å². The first-order valence-electron chi connectivity index (χ1n) is 9.75. The fourth-order valence-corrected chi connectivity index (χ4v) is 2.47. The molecule has 0 aliphatic heterocycles. The van der Waals surface area contributed by atoms with Crippen molar-refractivity contribution in [3.8, 4) is 0 Å². The molecular weight excluding hydrogens is 316 g/mol. The second-order valence-electron chi connectivity index (χ2n) is 6.09. The first kappa shape index (κ1) is 23.9. The number of benzene rings is 2. The quantitative estimate of drug-likeness (QED) is 0.522. The second kappa shape index (κ2) is 13.1. The number of ketones is 1. The average molecular weight is 353 g/mol. The zero-order chi connectivity index (χ0) is 20.1. The summed E-state index contributed by atoms with van der Waals surface area (Å²) in [7, 11) is 0. The van der Waals surface area contributed by atoms with Gasteiger partial charge in [0, 0.05) is 5.56 Å². The van der Waals surface area contributed by atoms with Gasteiger partial charge >= 0.3 is 0 Å². The molecule has 2 aromatic rings. The van der Waals surface area contributed by atoms with Gasteiger partial charge in [-0.1, -0.05) is 75.7 Å². The molecule has 0 aliphatic carbocycles. The third-order valence-electron chi connectivity index (χ3n) is 4.28. The predicted octanol–water partition coefficient (Wildman–Crippen LogP) is 7.46. The number of allylic oxidation sites excluding steroid dienone is 2. The number of aryl methyl sites for hydroxylation is 3. The minimum absolute atomic E-state index is 0.134. The van der Waals surface area contributed by atoms with Gasteiger partial charge in [0.15, 0.2) is 5.78 Å². The Kier molecular flexibility index (Phi) is 12.0. The molecule has 0 radical (unpaired) electrons. The van der Waals surface area contributed by atoms with E-state index in [9.17, 15) is 4.79 Å². The van der Waals surface area contributed by atoms with Crippen LogP contribution in [0.25, 0.3) is 5.57 Å². The highest BCUT2D eigenvalue weighted by Crippen LogP contribution is 2.21. The van der Waals surface area contributed by atoms with Gasteiger partial charge < -0.3 is 0 Å². The normalized spacial score (nSPS) is 10.2. The standard InChI is InChI=1S/C14H18O.C9H12.C2H6/c1-5-10(3)14-8-7-13(11(4)15)9-12(14)6-2;1-3-9-6-4-8(2)5-7-9;1-2/h5,7-9H,6H2,1-4H3;4-7H,3H2,1-2H3;1-2H3/b10-5+;;. The van der Waals surface area contributed by atoms with E-state index >= 15 is 0 Å². The molecule has 2 rings (SSSR count). The van der Waals surface area contributed by atoms with Crippen molar-refractivity contribution < 1.29 is 4.79 Å². The highest BCUT2D eigenvalue weighted by Gasteiger charge is 2.06. The lowest BCUT2D eigenvalue weighted by Crippen LogP contribution is -1.97. The first-order chi connectivity index (χ1) is 12.4. The molecule has 0 spiro atoms. The SMILES string of the molecule is C/C=C(\C)c1ccc(C(C)=O)cc1CC.CC.CCc1ccc(C)cc1. The predicted molar refractivity (Wildman–Crippen MR) is 117 cm³/mol. The smallest absolute Gasteiger partial charge is 0.159 e. The van der Waals surface area contributed by atoms with Gasteiger partial charge in [0.25, 0.3) is 0 Å². The third kappa shape index (κ3) is 7.82. The van der Waals surface area contributed by atoms with Crippen LogP contribution in [0.5, 0.6) is 0 Å². The number of carbonyl (C=O) groups excluding carboxylic acids is 1. The van der Waals surface area contributed by atoms with E-state index in [2.05, 4.69) is 58.0 Å². The topological polar surface area (TPSA) is 17.1 Å². The van der Waals surface area contributed by atoms with Gasteiger partial charge in [0.05, 0.1) is 0 Å². The summed E-state index contributed by atoms with van der Waals surface area (Å²) in [5.41, 5.74) is 7.33. The van der Waals surface area contributed by atoms with Crippen molar-refractivity contribution >= 4 is 11.4 Å². The Bertz CT molecular complexity index is 691. The molecule has 0 saturated heterocycles. The zero-order valence-corrected chi connectivity index (χ0v) is 17.9. The van der Waals surface area contributed by atoms with Crippen LogP contribution in [0.3, 0.4) is 0 Å². The molecule has 0 amide bonds. The van der Waals surface area contributed by atoms with Crippen molar-refractivity contribution in [2.45, 2.75) is 68.2 Å². The first-order valence-corrected chi connectivity index (χ1v) is 9.75. The molecule has 2 aromatic carbocycles. The van der Waals surface area contributed by atoms with Crippen molar-refractivity contribution in [2.75, 3.05) is 0 Å². The largest absolute Gasteiger partial charge is 0.295 e. The van der Waals surface area contributed by atoms with Crippen molar-refractivity contribution in [1.82, 2.24) is 0 Å². The molecule has 1 heteroatoms. The molecule has 0 unspecified atom stereocenters. The van der Waals surface area contributed by atoms with Crippen molar-refractivity contribution in [1.29, 1.82) is 0 Å². The van der Waals surface area contributed by atoms with Crippen LogP contribution in [0.4, 0.5) is 0 Å². The van der Waals surface area contributed by atoms with Gasteiger partial charge in [-0.05, 0) is 68.9 Å². The molecule has 0 aliphatic rings. The summed E-state index contributed by atoms with van der Waals surface area (Å²) in [6, 6.07) is 14.6. The lowest BCUT2D eigenvalue weighted by molar-refractivity contribution is 0.101.